The monoisotopic (exact) mass is 147 g/mol. The number of H-pyrrole nitrogens is 1. The molecule has 3 nitrogen and oxygen atoms in total. The van der Waals surface area contributed by atoms with Gasteiger partial charge in [0.25, 0.3) is 0 Å². The van der Waals surface area contributed by atoms with Gasteiger partial charge in [0, 0.05) is 5.69 Å². The summed E-state index contributed by atoms with van der Waals surface area (Å²) in [4.78, 5) is 11.3. The summed E-state index contributed by atoms with van der Waals surface area (Å²) in [7, 11) is 0. The molecule has 0 amide bonds. The molecule has 0 radical (unpaired) electrons. The fourth-order valence-electron chi connectivity index (χ4n) is 1.19. The van der Waals surface area contributed by atoms with E-state index < -0.39 is 0 Å². The van der Waals surface area contributed by atoms with E-state index in [1.807, 2.05) is 6.92 Å². The molecule has 0 aliphatic carbocycles. The van der Waals surface area contributed by atoms with Gasteiger partial charge in [0.15, 0.2) is 0 Å². The summed E-state index contributed by atoms with van der Waals surface area (Å²) in [6, 6.07) is 0. The molecule has 0 bridgehead atoms. The van der Waals surface area contributed by atoms with Crippen LogP contribution in [0.15, 0.2) is 12.5 Å². The predicted octanol–water partition coefficient (Wildman–Crippen LogP) is 1.57. The molecule has 0 saturated heterocycles. The number of nitrogens with one attached hydrogen (secondary N) is 1. The smallest absolute Gasteiger partial charge is 0.116 e. The molecule has 0 aliphatic heterocycles. The molecule has 2 heterocycles. The summed E-state index contributed by atoms with van der Waals surface area (Å²) in [6.45, 7) is 4.10. The van der Waals surface area contributed by atoms with Crippen molar-refractivity contribution in [3.8, 4) is 0 Å². The van der Waals surface area contributed by atoms with Gasteiger partial charge >= 0.3 is 0 Å². The van der Waals surface area contributed by atoms with Gasteiger partial charge in [-0.15, -0.1) is 0 Å². The molecule has 0 fully saturated rings. The van der Waals surface area contributed by atoms with Crippen LogP contribution in [0.2, 0.25) is 0 Å². The first-order valence-electron chi connectivity index (χ1n) is 3.54. The Labute approximate surface area is 64.5 Å². The highest BCUT2D eigenvalue weighted by Crippen LogP contribution is 2.16. The highest BCUT2D eigenvalue weighted by molar-refractivity contribution is 5.78. The van der Waals surface area contributed by atoms with Crippen molar-refractivity contribution in [3.63, 3.8) is 0 Å². The third-order valence-corrected chi connectivity index (χ3v) is 1.95. The van der Waals surface area contributed by atoms with Crippen LogP contribution in [0.5, 0.6) is 0 Å². The number of aromatic nitrogens is 3. The minimum absolute atomic E-state index is 1.02. The van der Waals surface area contributed by atoms with E-state index in [0.717, 1.165) is 11.0 Å². The standard InChI is InChI=1S/C8H9N3/c1-5-6(2)11-7-3-9-4-10-8(5)7/h3-4,11H,1-2H3. The number of nitrogens with zero attached hydrogens (tertiary/aromatic N) is 2. The summed E-state index contributed by atoms with van der Waals surface area (Å²) in [5, 5.41) is 0. The molecule has 2 aromatic heterocycles. The van der Waals surface area contributed by atoms with E-state index in [2.05, 4.69) is 21.9 Å². The Morgan fingerprint density at radius 2 is 2.18 bits per heavy atom. The van der Waals surface area contributed by atoms with Crippen LogP contribution in [0, 0.1) is 13.8 Å². The largest absolute Gasteiger partial charge is 0.356 e. The van der Waals surface area contributed by atoms with Gasteiger partial charge in [0.2, 0.25) is 0 Å². The van der Waals surface area contributed by atoms with E-state index in [0.29, 0.717) is 0 Å². The Kier molecular flexibility index (Phi) is 1.18. The molecular formula is C8H9N3. The van der Waals surface area contributed by atoms with Gasteiger partial charge in [-0.1, -0.05) is 0 Å². The van der Waals surface area contributed by atoms with E-state index >= 15 is 0 Å². The summed E-state index contributed by atoms with van der Waals surface area (Å²) >= 11 is 0. The van der Waals surface area contributed by atoms with Crippen LogP contribution >= 0.6 is 0 Å². The summed E-state index contributed by atoms with van der Waals surface area (Å²) < 4.78 is 0. The highest BCUT2D eigenvalue weighted by atomic mass is 14.9. The fraction of sp³-hybridized carbons (Fsp3) is 0.250. The zero-order chi connectivity index (χ0) is 7.84. The van der Waals surface area contributed by atoms with Gasteiger partial charge in [0.05, 0.1) is 17.2 Å². The van der Waals surface area contributed by atoms with E-state index in [1.165, 1.54) is 11.3 Å². The normalized spacial score (nSPS) is 10.7. The lowest BCUT2D eigenvalue weighted by molar-refractivity contribution is 1.21. The number of fused-ring (bicyclic) bond motifs is 1. The molecule has 11 heavy (non-hydrogen) atoms. The van der Waals surface area contributed by atoms with Crippen molar-refractivity contribution in [1.82, 2.24) is 15.0 Å². The quantitative estimate of drug-likeness (QED) is 0.614. The fourth-order valence-corrected chi connectivity index (χ4v) is 1.19. The molecule has 0 aromatic carbocycles. The lowest BCUT2D eigenvalue weighted by atomic mass is 10.2. The molecular weight excluding hydrogens is 138 g/mol. The van der Waals surface area contributed by atoms with Crippen LogP contribution in [0.3, 0.4) is 0 Å². The lowest BCUT2D eigenvalue weighted by Crippen LogP contribution is -1.77. The summed E-state index contributed by atoms with van der Waals surface area (Å²) in [6.07, 6.45) is 3.37. The second kappa shape index (κ2) is 2.05. The maximum atomic E-state index is 4.16. The zero-order valence-corrected chi connectivity index (χ0v) is 6.55. The van der Waals surface area contributed by atoms with Crippen LogP contribution in [-0.4, -0.2) is 15.0 Å². The average Bonchev–Trinajstić information content (AvgIpc) is 2.30. The minimum atomic E-state index is 1.02. The van der Waals surface area contributed by atoms with Gasteiger partial charge in [-0.2, -0.15) is 0 Å². The van der Waals surface area contributed by atoms with Gasteiger partial charge in [-0.25, -0.2) is 9.97 Å². The van der Waals surface area contributed by atoms with Crippen molar-refractivity contribution in [1.29, 1.82) is 0 Å². The van der Waals surface area contributed by atoms with Crippen LogP contribution in [-0.2, 0) is 0 Å². The zero-order valence-electron chi connectivity index (χ0n) is 6.55. The van der Waals surface area contributed by atoms with Crippen LogP contribution < -0.4 is 0 Å². The molecule has 0 unspecified atom stereocenters. The lowest BCUT2D eigenvalue weighted by Gasteiger charge is -1.86. The van der Waals surface area contributed by atoms with E-state index in [-0.39, 0.29) is 0 Å². The first-order valence-corrected chi connectivity index (χ1v) is 3.54. The first-order chi connectivity index (χ1) is 5.29. The maximum absolute atomic E-state index is 4.16. The number of hydrogen-bond donors (Lipinski definition) is 1. The minimum Gasteiger partial charge on any atom is -0.356 e. The Morgan fingerprint density at radius 1 is 1.36 bits per heavy atom. The number of rotatable bonds is 0. The number of aromatic amines is 1. The third kappa shape index (κ3) is 0.808. The van der Waals surface area contributed by atoms with Crippen LogP contribution in [0.1, 0.15) is 11.3 Å². The molecule has 1 N–H and O–H groups in total. The van der Waals surface area contributed by atoms with Gasteiger partial charge in [-0.3, -0.25) is 0 Å². The van der Waals surface area contributed by atoms with Crippen molar-refractivity contribution in [2.24, 2.45) is 0 Å². The van der Waals surface area contributed by atoms with Gasteiger partial charge in [0.1, 0.15) is 6.33 Å². The van der Waals surface area contributed by atoms with Gasteiger partial charge < -0.3 is 4.98 Å². The third-order valence-electron chi connectivity index (χ3n) is 1.95. The maximum Gasteiger partial charge on any atom is 0.116 e. The molecule has 3 heteroatoms. The molecule has 0 atom stereocenters. The van der Waals surface area contributed by atoms with Crippen LogP contribution in [0.25, 0.3) is 11.0 Å². The first kappa shape index (κ1) is 6.34. The topological polar surface area (TPSA) is 41.6 Å². The van der Waals surface area contributed by atoms with E-state index in [4.69, 9.17) is 0 Å². The average molecular weight is 147 g/mol. The molecule has 2 aromatic rings. The highest BCUT2D eigenvalue weighted by Gasteiger charge is 2.02. The molecule has 0 aliphatic rings. The van der Waals surface area contributed by atoms with Crippen LogP contribution in [0.4, 0.5) is 0 Å². The Balaban J connectivity index is 2.92. The van der Waals surface area contributed by atoms with E-state index in [9.17, 15) is 0 Å². The van der Waals surface area contributed by atoms with Gasteiger partial charge in [-0.05, 0) is 19.4 Å². The Bertz CT molecular complexity index is 389. The van der Waals surface area contributed by atoms with Crippen molar-refractivity contribution in [2.45, 2.75) is 13.8 Å². The van der Waals surface area contributed by atoms with Crippen molar-refractivity contribution in [3.05, 3.63) is 23.8 Å². The van der Waals surface area contributed by atoms with Crippen molar-refractivity contribution in [2.75, 3.05) is 0 Å². The number of hydrogen-bond acceptors (Lipinski definition) is 2. The SMILES string of the molecule is Cc1[nH]c2cncnc2c1C. The van der Waals surface area contributed by atoms with Crippen molar-refractivity contribution >= 4 is 11.0 Å². The second-order valence-corrected chi connectivity index (χ2v) is 2.66. The molecule has 56 valence electrons. The molecule has 2 rings (SSSR count). The predicted molar refractivity (Wildman–Crippen MR) is 43.4 cm³/mol. The molecule has 0 saturated carbocycles. The summed E-state index contributed by atoms with van der Waals surface area (Å²) in [5.41, 5.74) is 4.42. The van der Waals surface area contributed by atoms with E-state index in [1.54, 1.807) is 12.5 Å². The number of aryl methyl sites for hydroxylation is 2. The second-order valence-electron chi connectivity index (χ2n) is 2.66. The Hall–Kier alpha value is -1.38. The Morgan fingerprint density at radius 3 is 2.91 bits per heavy atom. The summed E-state index contributed by atoms with van der Waals surface area (Å²) in [5.74, 6) is 0. The molecule has 0 spiro atoms. The van der Waals surface area contributed by atoms with Crippen molar-refractivity contribution < 1.29 is 0 Å².